The average Bonchev–Trinajstić information content (AvgIpc) is 2.38. The Kier molecular flexibility index (Phi) is 6.27. The molecule has 116 valence electrons. The first kappa shape index (κ1) is 18.0. The van der Waals surface area contributed by atoms with Crippen LogP contribution in [0.2, 0.25) is 5.02 Å². The zero-order valence-corrected chi connectivity index (χ0v) is 14.9. The van der Waals surface area contributed by atoms with Crippen LogP contribution in [0.25, 0.3) is 0 Å². The van der Waals surface area contributed by atoms with E-state index in [9.17, 15) is 9.59 Å². The zero-order valence-electron chi connectivity index (χ0n) is 12.0. The number of ether oxygens (including phenoxy) is 1. The first-order valence-electron chi connectivity index (χ1n) is 6.23. The molecule has 1 amide bonds. The molecule has 0 radical (unpaired) electrons. The minimum absolute atomic E-state index is 0.0160. The van der Waals surface area contributed by atoms with Crippen LogP contribution in [0.15, 0.2) is 12.1 Å². The van der Waals surface area contributed by atoms with Gasteiger partial charge in [0, 0.05) is 15.5 Å². The molecule has 0 aromatic heterocycles. The number of hydrogen-bond acceptors (Lipinski definition) is 3. The summed E-state index contributed by atoms with van der Waals surface area (Å²) in [6.07, 6.45) is 0.312. The number of amides is 1. The van der Waals surface area contributed by atoms with Gasteiger partial charge in [-0.15, -0.1) is 0 Å². The molecule has 0 saturated carbocycles. The summed E-state index contributed by atoms with van der Waals surface area (Å²) in [7, 11) is 1.48. The number of benzene rings is 1. The number of nitrogens with one attached hydrogen (secondary N) is 1. The topological polar surface area (TPSA) is 75.6 Å². The van der Waals surface area contributed by atoms with Crippen molar-refractivity contribution in [1.29, 1.82) is 0 Å². The third kappa shape index (κ3) is 5.35. The van der Waals surface area contributed by atoms with Crippen LogP contribution in [0.4, 0.5) is 0 Å². The molecule has 21 heavy (non-hydrogen) atoms. The van der Waals surface area contributed by atoms with Crippen molar-refractivity contribution in [2.45, 2.75) is 32.2 Å². The Morgan fingerprint density at radius 2 is 2.05 bits per heavy atom. The van der Waals surface area contributed by atoms with Gasteiger partial charge in [0.1, 0.15) is 5.75 Å². The van der Waals surface area contributed by atoms with Gasteiger partial charge in [0.25, 0.3) is 5.91 Å². The van der Waals surface area contributed by atoms with Gasteiger partial charge in [-0.2, -0.15) is 0 Å². The number of rotatable bonds is 6. The van der Waals surface area contributed by atoms with Crippen LogP contribution in [0.3, 0.4) is 0 Å². The number of hydrogen-bond donors (Lipinski definition) is 2. The Morgan fingerprint density at radius 1 is 1.43 bits per heavy atom. The molecule has 1 aromatic rings. The van der Waals surface area contributed by atoms with Gasteiger partial charge < -0.3 is 15.2 Å². The third-order valence-corrected chi connectivity index (χ3v) is 4.43. The van der Waals surface area contributed by atoms with Gasteiger partial charge in [-0.1, -0.05) is 11.6 Å². The molecule has 0 aliphatic rings. The molecule has 0 aliphatic carbocycles. The molecule has 0 bridgehead atoms. The smallest absolute Gasteiger partial charge is 0.303 e. The molecule has 0 saturated heterocycles. The van der Waals surface area contributed by atoms with Crippen molar-refractivity contribution in [3.05, 3.63) is 26.3 Å². The fraction of sp³-hybridized carbons (Fsp3) is 0.429. The highest BCUT2D eigenvalue weighted by molar-refractivity contribution is 14.1. The van der Waals surface area contributed by atoms with Gasteiger partial charge in [-0.25, -0.2) is 0 Å². The van der Waals surface area contributed by atoms with Crippen molar-refractivity contribution in [3.63, 3.8) is 0 Å². The number of methoxy groups -OCH3 is 1. The quantitative estimate of drug-likeness (QED) is 0.686. The largest absolute Gasteiger partial charge is 0.496 e. The van der Waals surface area contributed by atoms with Gasteiger partial charge in [0.05, 0.1) is 17.7 Å². The van der Waals surface area contributed by atoms with E-state index in [1.807, 2.05) is 0 Å². The zero-order chi connectivity index (χ0) is 16.2. The van der Waals surface area contributed by atoms with Crippen molar-refractivity contribution in [2.75, 3.05) is 7.11 Å². The minimum Gasteiger partial charge on any atom is -0.496 e. The first-order chi connectivity index (χ1) is 9.66. The van der Waals surface area contributed by atoms with Gasteiger partial charge in [0.2, 0.25) is 0 Å². The molecular weight excluding hydrogens is 409 g/mol. The summed E-state index contributed by atoms with van der Waals surface area (Å²) in [5.41, 5.74) is -0.318. The second-order valence-electron chi connectivity index (χ2n) is 5.20. The van der Waals surface area contributed by atoms with Crippen molar-refractivity contribution in [3.8, 4) is 5.75 Å². The highest BCUT2D eigenvalue weighted by Crippen LogP contribution is 2.28. The lowest BCUT2D eigenvalue weighted by Crippen LogP contribution is -2.43. The van der Waals surface area contributed by atoms with Gasteiger partial charge >= 0.3 is 5.97 Å². The van der Waals surface area contributed by atoms with Crippen LogP contribution in [-0.2, 0) is 4.79 Å². The van der Waals surface area contributed by atoms with E-state index in [1.165, 1.54) is 7.11 Å². The van der Waals surface area contributed by atoms with Crippen LogP contribution in [0.5, 0.6) is 5.75 Å². The predicted octanol–water partition coefficient (Wildman–Crippen LogP) is 3.33. The van der Waals surface area contributed by atoms with E-state index in [2.05, 4.69) is 27.9 Å². The standard InChI is InChI=1S/C14H17ClINO4/c1-14(2,5-4-12(18)19)17-13(20)8-6-9(15)10(16)7-11(8)21-3/h6-7H,4-5H2,1-3H3,(H,17,20)(H,18,19). The Hall–Kier alpha value is -1.02. The summed E-state index contributed by atoms with van der Waals surface area (Å²) >= 11 is 8.09. The van der Waals surface area contributed by atoms with Crippen LogP contribution in [0.1, 0.15) is 37.0 Å². The molecule has 0 aliphatic heterocycles. The maximum atomic E-state index is 12.3. The molecule has 2 N–H and O–H groups in total. The summed E-state index contributed by atoms with van der Waals surface area (Å²) in [6, 6.07) is 3.23. The van der Waals surface area contributed by atoms with Crippen LogP contribution >= 0.6 is 34.2 Å². The summed E-state index contributed by atoms with van der Waals surface area (Å²) in [4.78, 5) is 23.0. The van der Waals surface area contributed by atoms with Crippen molar-refractivity contribution in [1.82, 2.24) is 5.32 Å². The average molecular weight is 426 g/mol. The molecule has 0 heterocycles. The Bertz CT molecular complexity index is 560. The van der Waals surface area contributed by atoms with E-state index in [1.54, 1.807) is 26.0 Å². The number of carboxylic acids is 1. The predicted molar refractivity (Wildman–Crippen MR) is 89.1 cm³/mol. The van der Waals surface area contributed by atoms with E-state index in [-0.39, 0.29) is 12.3 Å². The van der Waals surface area contributed by atoms with Crippen LogP contribution in [0, 0.1) is 3.57 Å². The van der Waals surface area contributed by atoms with Crippen molar-refractivity contribution < 1.29 is 19.4 Å². The number of carbonyl (C=O) groups excluding carboxylic acids is 1. The van der Waals surface area contributed by atoms with E-state index >= 15 is 0 Å². The van der Waals surface area contributed by atoms with Gasteiger partial charge in [-0.05, 0) is 55.0 Å². The highest BCUT2D eigenvalue weighted by atomic mass is 127. The molecule has 7 heteroatoms. The first-order valence-corrected chi connectivity index (χ1v) is 7.69. The molecular formula is C14H17ClINO4. The number of aliphatic carboxylic acids is 1. The molecule has 0 unspecified atom stereocenters. The second kappa shape index (κ2) is 7.31. The van der Waals surface area contributed by atoms with E-state index in [4.69, 9.17) is 21.4 Å². The lowest BCUT2D eigenvalue weighted by Gasteiger charge is -2.26. The Labute approximate surface area is 142 Å². The number of halogens is 2. The summed E-state index contributed by atoms with van der Waals surface area (Å²) in [6.45, 7) is 3.54. The van der Waals surface area contributed by atoms with E-state index in [0.717, 1.165) is 3.57 Å². The highest BCUT2D eigenvalue weighted by Gasteiger charge is 2.24. The van der Waals surface area contributed by atoms with Gasteiger partial charge in [-0.3, -0.25) is 9.59 Å². The maximum Gasteiger partial charge on any atom is 0.303 e. The fourth-order valence-electron chi connectivity index (χ4n) is 1.73. The Balaban J connectivity index is 2.93. The van der Waals surface area contributed by atoms with Crippen LogP contribution < -0.4 is 10.1 Å². The number of carbonyl (C=O) groups is 2. The fourth-order valence-corrected chi connectivity index (χ4v) is 2.33. The monoisotopic (exact) mass is 425 g/mol. The molecule has 0 fully saturated rings. The lowest BCUT2D eigenvalue weighted by atomic mass is 9.97. The van der Waals surface area contributed by atoms with Crippen LogP contribution in [-0.4, -0.2) is 29.6 Å². The maximum absolute atomic E-state index is 12.3. The normalized spacial score (nSPS) is 11.1. The van der Waals surface area contributed by atoms with Gasteiger partial charge in [0.15, 0.2) is 0 Å². The van der Waals surface area contributed by atoms with E-state index in [0.29, 0.717) is 22.8 Å². The number of carboxylic acid groups (broad SMARTS) is 1. The molecule has 1 rings (SSSR count). The second-order valence-corrected chi connectivity index (χ2v) is 6.77. The summed E-state index contributed by atoms with van der Waals surface area (Å²) in [5, 5.41) is 12.0. The summed E-state index contributed by atoms with van der Waals surface area (Å²) in [5.74, 6) is -0.817. The molecule has 1 aromatic carbocycles. The van der Waals surface area contributed by atoms with Crippen molar-refractivity contribution >= 4 is 46.1 Å². The SMILES string of the molecule is COc1cc(I)c(Cl)cc1C(=O)NC(C)(C)CCC(=O)O. The molecule has 0 spiro atoms. The molecule has 0 atom stereocenters. The summed E-state index contributed by atoms with van der Waals surface area (Å²) < 4.78 is 5.98. The Morgan fingerprint density at radius 3 is 2.57 bits per heavy atom. The lowest BCUT2D eigenvalue weighted by molar-refractivity contribution is -0.137. The third-order valence-electron chi connectivity index (χ3n) is 2.90. The van der Waals surface area contributed by atoms with Crippen molar-refractivity contribution in [2.24, 2.45) is 0 Å². The molecule has 5 nitrogen and oxygen atoms in total. The minimum atomic E-state index is -0.896. The van der Waals surface area contributed by atoms with E-state index < -0.39 is 11.5 Å².